The number of carbonyl (C=O) groups is 2. The molecule has 0 fully saturated rings. The molecule has 1 aromatic heterocycles. The number of carbonyl (C=O) groups excluding carboxylic acids is 2. The SMILES string of the molecule is CCc1cnc(NC(=O)C(C)NC(N)=O)s1. The fourth-order valence-electron chi connectivity index (χ4n) is 1.02. The van der Waals surface area contributed by atoms with Crippen molar-refractivity contribution in [2.24, 2.45) is 5.73 Å². The number of hydrogen-bond acceptors (Lipinski definition) is 4. The van der Waals surface area contributed by atoms with Gasteiger partial charge in [-0.25, -0.2) is 9.78 Å². The van der Waals surface area contributed by atoms with E-state index in [4.69, 9.17) is 5.73 Å². The summed E-state index contributed by atoms with van der Waals surface area (Å²) in [5.41, 5.74) is 4.91. The van der Waals surface area contributed by atoms with Crippen LogP contribution in [0.3, 0.4) is 0 Å². The lowest BCUT2D eigenvalue weighted by atomic mass is 10.3. The number of thiazole rings is 1. The molecule has 0 aliphatic carbocycles. The van der Waals surface area contributed by atoms with E-state index in [1.807, 2.05) is 6.92 Å². The van der Waals surface area contributed by atoms with Gasteiger partial charge >= 0.3 is 6.03 Å². The summed E-state index contributed by atoms with van der Waals surface area (Å²) in [5.74, 6) is -0.337. The number of primary amides is 1. The van der Waals surface area contributed by atoms with Crippen molar-refractivity contribution in [3.63, 3.8) is 0 Å². The summed E-state index contributed by atoms with van der Waals surface area (Å²) in [6, 6.07) is -1.40. The molecule has 88 valence electrons. The van der Waals surface area contributed by atoms with Gasteiger partial charge in [0.25, 0.3) is 0 Å². The lowest BCUT2D eigenvalue weighted by Crippen LogP contribution is -2.44. The summed E-state index contributed by atoms with van der Waals surface area (Å²) in [4.78, 5) is 27.2. The van der Waals surface area contributed by atoms with E-state index in [1.54, 1.807) is 13.1 Å². The number of aryl methyl sites for hydroxylation is 1. The van der Waals surface area contributed by atoms with Crippen LogP contribution in [0.1, 0.15) is 18.7 Å². The van der Waals surface area contributed by atoms with E-state index in [0.717, 1.165) is 11.3 Å². The molecule has 0 saturated heterocycles. The van der Waals surface area contributed by atoms with Crippen molar-refractivity contribution < 1.29 is 9.59 Å². The number of urea groups is 1. The Kier molecular flexibility index (Phi) is 4.24. The van der Waals surface area contributed by atoms with Crippen LogP contribution in [0.5, 0.6) is 0 Å². The number of anilines is 1. The molecule has 0 bridgehead atoms. The number of rotatable bonds is 4. The first-order valence-electron chi connectivity index (χ1n) is 4.84. The molecule has 7 heteroatoms. The van der Waals surface area contributed by atoms with Crippen LogP contribution in [0.25, 0.3) is 0 Å². The zero-order valence-corrected chi connectivity index (χ0v) is 9.93. The van der Waals surface area contributed by atoms with Crippen molar-refractivity contribution in [2.75, 3.05) is 5.32 Å². The largest absolute Gasteiger partial charge is 0.352 e. The maximum absolute atomic E-state index is 11.5. The first kappa shape index (κ1) is 12.4. The van der Waals surface area contributed by atoms with E-state index in [2.05, 4.69) is 15.6 Å². The predicted molar refractivity (Wildman–Crippen MR) is 62.3 cm³/mol. The van der Waals surface area contributed by atoms with Crippen molar-refractivity contribution in [1.29, 1.82) is 0 Å². The zero-order chi connectivity index (χ0) is 12.1. The maximum atomic E-state index is 11.5. The Balaban J connectivity index is 2.53. The van der Waals surface area contributed by atoms with Gasteiger partial charge in [-0.1, -0.05) is 6.92 Å². The van der Waals surface area contributed by atoms with E-state index in [9.17, 15) is 9.59 Å². The Labute approximate surface area is 97.2 Å². The molecular weight excluding hydrogens is 228 g/mol. The Morgan fingerprint density at radius 3 is 2.81 bits per heavy atom. The molecule has 1 aromatic rings. The molecule has 0 spiro atoms. The van der Waals surface area contributed by atoms with Crippen molar-refractivity contribution >= 4 is 28.4 Å². The van der Waals surface area contributed by atoms with E-state index in [0.29, 0.717) is 5.13 Å². The normalized spacial score (nSPS) is 11.9. The fourth-order valence-corrected chi connectivity index (χ4v) is 1.78. The minimum absolute atomic E-state index is 0.337. The first-order valence-corrected chi connectivity index (χ1v) is 5.66. The van der Waals surface area contributed by atoms with E-state index >= 15 is 0 Å². The van der Waals surface area contributed by atoms with Crippen LogP contribution in [-0.4, -0.2) is 23.0 Å². The number of aromatic nitrogens is 1. The topological polar surface area (TPSA) is 97.1 Å². The third-order valence-electron chi connectivity index (χ3n) is 1.88. The van der Waals surface area contributed by atoms with Crippen molar-refractivity contribution in [2.45, 2.75) is 26.3 Å². The highest BCUT2D eigenvalue weighted by atomic mass is 32.1. The van der Waals surface area contributed by atoms with Gasteiger partial charge in [-0.05, 0) is 13.3 Å². The van der Waals surface area contributed by atoms with Gasteiger partial charge in [0.1, 0.15) is 6.04 Å². The van der Waals surface area contributed by atoms with Crippen LogP contribution in [0.15, 0.2) is 6.20 Å². The second-order valence-corrected chi connectivity index (χ2v) is 4.32. The van der Waals surface area contributed by atoms with E-state index < -0.39 is 12.1 Å². The van der Waals surface area contributed by atoms with Crippen LogP contribution in [-0.2, 0) is 11.2 Å². The van der Waals surface area contributed by atoms with Gasteiger partial charge in [0.15, 0.2) is 5.13 Å². The number of nitrogens with zero attached hydrogens (tertiary/aromatic N) is 1. The van der Waals surface area contributed by atoms with Crippen molar-refractivity contribution in [1.82, 2.24) is 10.3 Å². The molecule has 6 nitrogen and oxygen atoms in total. The van der Waals surface area contributed by atoms with Crippen LogP contribution in [0, 0.1) is 0 Å². The highest BCUT2D eigenvalue weighted by Crippen LogP contribution is 2.18. The smallest absolute Gasteiger partial charge is 0.312 e. The standard InChI is InChI=1S/C9H14N4O2S/c1-3-6-4-11-9(16-6)13-7(14)5(2)12-8(10)15/h4-5H,3H2,1-2H3,(H3,10,12,15)(H,11,13,14). The van der Waals surface area contributed by atoms with Crippen LogP contribution < -0.4 is 16.4 Å². The van der Waals surface area contributed by atoms with Gasteiger partial charge in [-0.3, -0.25) is 4.79 Å². The minimum atomic E-state index is -0.726. The Morgan fingerprint density at radius 2 is 2.31 bits per heavy atom. The maximum Gasteiger partial charge on any atom is 0.312 e. The molecule has 1 unspecified atom stereocenters. The minimum Gasteiger partial charge on any atom is -0.352 e. The molecule has 0 aliphatic rings. The van der Waals surface area contributed by atoms with Gasteiger partial charge < -0.3 is 16.4 Å². The average Bonchev–Trinajstić information content (AvgIpc) is 2.64. The second kappa shape index (κ2) is 5.45. The highest BCUT2D eigenvalue weighted by molar-refractivity contribution is 7.15. The summed E-state index contributed by atoms with van der Waals surface area (Å²) < 4.78 is 0. The van der Waals surface area contributed by atoms with Gasteiger partial charge in [-0.15, -0.1) is 11.3 Å². The van der Waals surface area contributed by atoms with Gasteiger partial charge in [-0.2, -0.15) is 0 Å². The average molecular weight is 242 g/mol. The lowest BCUT2D eigenvalue weighted by Gasteiger charge is -2.10. The summed E-state index contributed by atoms with van der Waals surface area (Å²) in [7, 11) is 0. The third kappa shape index (κ3) is 3.50. The molecule has 4 N–H and O–H groups in total. The predicted octanol–water partition coefficient (Wildman–Crippen LogP) is 0.701. The fraction of sp³-hybridized carbons (Fsp3) is 0.444. The number of amides is 3. The molecule has 3 amide bonds. The second-order valence-electron chi connectivity index (χ2n) is 3.20. The molecule has 0 saturated carbocycles. The first-order chi connectivity index (χ1) is 7.52. The van der Waals surface area contributed by atoms with Gasteiger partial charge in [0.05, 0.1) is 0 Å². The van der Waals surface area contributed by atoms with E-state index in [1.165, 1.54) is 11.3 Å². The molecule has 0 aromatic carbocycles. The van der Waals surface area contributed by atoms with Crippen molar-refractivity contribution in [3.8, 4) is 0 Å². The number of hydrogen-bond donors (Lipinski definition) is 3. The van der Waals surface area contributed by atoms with Crippen LogP contribution >= 0.6 is 11.3 Å². The molecular formula is C9H14N4O2S. The summed E-state index contributed by atoms with van der Waals surface area (Å²) >= 11 is 1.41. The molecule has 1 heterocycles. The van der Waals surface area contributed by atoms with Gasteiger partial charge in [0.2, 0.25) is 5.91 Å². The molecule has 16 heavy (non-hydrogen) atoms. The Hall–Kier alpha value is -1.63. The summed E-state index contributed by atoms with van der Waals surface area (Å²) in [6.45, 7) is 3.56. The molecule has 1 rings (SSSR count). The number of nitrogens with two attached hydrogens (primary N) is 1. The molecule has 0 aliphatic heterocycles. The molecule has 0 radical (unpaired) electrons. The van der Waals surface area contributed by atoms with Crippen molar-refractivity contribution in [3.05, 3.63) is 11.1 Å². The monoisotopic (exact) mass is 242 g/mol. The molecule has 1 atom stereocenters. The highest BCUT2D eigenvalue weighted by Gasteiger charge is 2.15. The van der Waals surface area contributed by atoms with Crippen LogP contribution in [0.4, 0.5) is 9.93 Å². The van der Waals surface area contributed by atoms with E-state index in [-0.39, 0.29) is 5.91 Å². The lowest BCUT2D eigenvalue weighted by molar-refractivity contribution is -0.117. The zero-order valence-electron chi connectivity index (χ0n) is 9.11. The number of nitrogens with one attached hydrogen (secondary N) is 2. The third-order valence-corrected chi connectivity index (χ3v) is 2.94. The van der Waals surface area contributed by atoms with Gasteiger partial charge in [0, 0.05) is 11.1 Å². The summed E-state index contributed by atoms with van der Waals surface area (Å²) in [6.07, 6.45) is 2.59. The Morgan fingerprint density at radius 1 is 1.62 bits per heavy atom. The quantitative estimate of drug-likeness (QED) is 0.725. The van der Waals surface area contributed by atoms with Crippen LogP contribution in [0.2, 0.25) is 0 Å². The summed E-state index contributed by atoms with van der Waals surface area (Å²) in [5, 5.41) is 5.41. The Bertz CT molecular complexity index is 391.